The Bertz CT molecular complexity index is 578. The third kappa shape index (κ3) is 2.42. The van der Waals surface area contributed by atoms with Crippen LogP contribution in [0.15, 0.2) is 30.3 Å². The summed E-state index contributed by atoms with van der Waals surface area (Å²) in [6.07, 6.45) is 0. The number of hydrogen-bond donors (Lipinski definition) is 1. The number of hydrogen-bond acceptors (Lipinski definition) is 3. The maximum Gasteiger partial charge on any atom is 0.269 e. The molecule has 4 heteroatoms. The molecule has 1 amide bonds. The molecule has 2 rings (SSSR count). The minimum Gasteiger partial charge on any atom is -0.378 e. The first-order valence-electron chi connectivity index (χ1n) is 5.98. The summed E-state index contributed by atoms with van der Waals surface area (Å²) in [6, 6.07) is 9.68. The lowest BCUT2D eigenvalue weighted by atomic mass is 10.1. The molecular formula is C14H17N3O. The largest absolute Gasteiger partial charge is 0.378 e. The molecule has 4 nitrogen and oxygen atoms in total. The van der Waals surface area contributed by atoms with Crippen molar-refractivity contribution in [1.82, 2.24) is 10.3 Å². The summed E-state index contributed by atoms with van der Waals surface area (Å²) < 4.78 is 0. The Morgan fingerprint density at radius 2 is 2.06 bits per heavy atom. The number of rotatable bonds is 3. The van der Waals surface area contributed by atoms with E-state index in [1.54, 1.807) is 6.07 Å². The van der Waals surface area contributed by atoms with Crippen molar-refractivity contribution < 1.29 is 4.79 Å². The first-order valence-corrected chi connectivity index (χ1v) is 5.98. The summed E-state index contributed by atoms with van der Waals surface area (Å²) in [7, 11) is 4.00. The van der Waals surface area contributed by atoms with Crippen molar-refractivity contribution in [1.29, 1.82) is 0 Å². The first kappa shape index (κ1) is 12.4. The molecule has 0 radical (unpaired) electrons. The van der Waals surface area contributed by atoms with Gasteiger partial charge >= 0.3 is 0 Å². The summed E-state index contributed by atoms with van der Waals surface area (Å²) in [6.45, 7) is 2.50. The van der Waals surface area contributed by atoms with Gasteiger partial charge in [0.1, 0.15) is 5.69 Å². The van der Waals surface area contributed by atoms with Crippen LogP contribution in [0.4, 0.5) is 5.69 Å². The van der Waals surface area contributed by atoms with Gasteiger partial charge in [-0.2, -0.15) is 0 Å². The van der Waals surface area contributed by atoms with Gasteiger partial charge in [-0.25, -0.2) is 4.98 Å². The zero-order chi connectivity index (χ0) is 13.1. The summed E-state index contributed by atoms with van der Waals surface area (Å²) in [4.78, 5) is 18.1. The Morgan fingerprint density at radius 1 is 1.28 bits per heavy atom. The number of amides is 1. The van der Waals surface area contributed by atoms with Crippen LogP contribution in [0.1, 0.15) is 17.4 Å². The van der Waals surface area contributed by atoms with Crippen molar-refractivity contribution in [3.05, 3.63) is 36.0 Å². The quantitative estimate of drug-likeness (QED) is 0.897. The van der Waals surface area contributed by atoms with Crippen molar-refractivity contribution in [2.45, 2.75) is 6.92 Å². The number of benzene rings is 1. The number of anilines is 1. The molecule has 0 bridgehead atoms. The molecule has 1 heterocycles. The van der Waals surface area contributed by atoms with E-state index >= 15 is 0 Å². The number of nitrogens with one attached hydrogen (secondary N) is 1. The van der Waals surface area contributed by atoms with Gasteiger partial charge in [0.05, 0.1) is 5.52 Å². The fourth-order valence-corrected chi connectivity index (χ4v) is 1.77. The fourth-order valence-electron chi connectivity index (χ4n) is 1.77. The second-order valence-corrected chi connectivity index (χ2v) is 4.33. The van der Waals surface area contributed by atoms with Crippen LogP contribution in [0, 0.1) is 0 Å². The average molecular weight is 243 g/mol. The van der Waals surface area contributed by atoms with Gasteiger partial charge in [0, 0.05) is 31.7 Å². The number of nitrogens with zero attached hydrogens (tertiary/aromatic N) is 2. The third-order valence-electron chi connectivity index (χ3n) is 2.76. The second-order valence-electron chi connectivity index (χ2n) is 4.33. The molecule has 0 saturated heterocycles. The average Bonchev–Trinajstić information content (AvgIpc) is 2.37. The van der Waals surface area contributed by atoms with Crippen LogP contribution < -0.4 is 10.2 Å². The van der Waals surface area contributed by atoms with Gasteiger partial charge < -0.3 is 10.2 Å². The molecule has 0 fully saturated rings. The molecule has 1 aromatic heterocycles. The van der Waals surface area contributed by atoms with E-state index in [1.807, 2.05) is 44.1 Å². The summed E-state index contributed by atoms with van der Waals surface area (Å²) in [5.41, 5.74) is 2.42. The molecule has 0 unspecified atom stereocenters. The molecule has 0 spiro atoms. The minimum absolute atomic E-state index is 0.129. The Kier molecular flexibility index (Phi) is 3.46. The molecular weight excluding hydrogens is 226 g/mol. The molecule has 0 aliphatic heterocycles. The summed E-state index contributed by atoms with van der Waals surface area (Å²) in [5.74, 6) is -0.129. The zero-order valence-electron chi connectivity index (χ0n) is 10.9. The van der Waals surface area contributed by atoms with Crippen LogP contribution in [-0.4, -0.2) is 31.5 Å². The van der Waals surface area contributed by atoms with Crippen molar-refractivity contribution in [3.8, 4) is 0 Å². The molecule has 1 aromatic carbocycles. The Morgan fingerprint density at radius 3 is 2.72 bits per heavy atom. The fraction of sp³-hybridized carbons (Fsp3) is 0.286. The summed E-state index contributed by atoms with van der Waals surface area (Å²) >= 11 is 0. The van der Waals surface area contributed by atoms with E-state index in [0.717, 1.165) is 16.6 Å². The highest BCUT2D eigenvalue weighted by molar-refractivity contribution is 5.95. The minimum atomic E-state index is -0.129. The molecule has 1 N–H and O–H groups in total. The van der Waals surface area contributed by atoms with Crippen molar-refractivity contribution in [2.75, 3.05) is 25.5 Å². The Balaban J connectivity index is 2.41. The van der Waals surface area contributed by atoms with E-state index in [1.165, 1.54) is 0 Å². The number of pyridine rings is 1. The number of carbonyl (C=O) groups is 1. The van der Waals surface area contributed by atoms with Crippen LogP contribution in [-0.2, 0) is 0 Å². The Hall–Kier alpha value is -2.10. The van der Waals surface area contributed by atoms with Crippen LogP contribution in [0.5, 0.6) is 0 Å². The maximum absolute atomic E-state index is 11.7. The monoisotopic (exact) mass is 243 g/mol. The molecule has 0 atom stereocenters. The highest BCUT2D eigenvalue weighted by Gasteiger charge is 2.07. The van der Waals surface area contributed by atoms with Gasteiger partial charge in [0.15, 0.2) is 0 Å². The maximum atomic E-state index is 11.7. The highest BCUT2D eigenvalue weighted by atomic mass is 16.1. The topological polar surface area (TPSA) is 45.2 Å². The molecule has 2 aromatic rings. The normalized spacial score (nSPS) is 10.4. The van der Waals surface area contributed by atoms with Gasteiger partial charge in [0.2, 0.25) is 0 Å². The zero-order valence-corrected chi connectivity index (χ0v) is 10.9. The number of carbonyl (C=O) groups excluding carboxylic acids is 1. The Labute approximate surface area is 107 Å². The van der Waals surface area contributed by atoms with Crippen LogP contribution >= 0.6 is 0 Å². The molecule has 0 aliphatic rings. The second kappa shape index (κ2) is 5.04. The van der Waals surface area contributed by atoms with Crippen LogP contribution in [0.3, 0.4) is 0 Å². The van der Waals surface area contributed by atoms with Crippen molar-refractivity contribution in [3.63, 3.8) is 0 Å². The molecule has 18 heavy (non-hydrogen) atoms. The van der Waals surface area contributed by atoms with E-state index in [2.05, 4.69) is 16.4 Å². The lowest BCUT2D eigenvalue weighted by Crippen LogP contribution is -2.23. The van der Waals surface area contributed by atoms with E-state index in [0.29, 0.717) is 12.2 Å². The van der Waals surface area contributed by atoms with Crippen molar-refractivity contribution >= 4 is 22.5 Å². The van der Waals surface area contributed by atoms with Gasteiger partial charge in [-0.05, 0) is 31.2 Å². The van der Waals surface area contributed by atoms with Gasteiger partial charge in [-0.1, -0.05) is 6.07 Å². The third-order valence-corrected chi connectivity index (χ3v) is 2.76. The van der Waals surface area contributed by atoms with E-state index < -0.39 is 0 Å². The van der Waals surface area contributed by atoms with Crippen molar-refractivity contribution in [2.24, 2.45) is 0 Å². The molecule has 94 valence electrons. The lowest BCUT2D eigenvalue weighted by molar-refractivity contribution is 0.0951. The van der Waals surface area contributed by atoms with E-state index in [-0.39, 0.29) is 5.91 Å². The summed E-state index contributed by atoms with van der Waals surface area (Å²) in [5, 5.41) is 3.78. The highest BCUT2D eigenvalue weighted by Crippen LogP contribution is 2.19. The van der Waals surface area contributed by atoms with Gasteiger partial charge in [0.25, 0.3) is 5.91 Å². The molecule has 0 saturated carbocycles. The smallest absolute Gasteiger partial charge is 0.269 e. The van der Waals surface area contributed by atoms with Gasteiger partial charge in [-0.15, -0.1) is 0 Å². The standard InChI is InChI=1S/C14H17N3O/c1-4-15-14(18)13-7-5-10-9-11(17(2)3)6-8-12(10)16-13/h5-9H,4H2,1-3H3,(H,15,18). The lowest BCUT2D eigenvalue weighted by Gasteiger charge is -2.13. The van der Waals surface area contributed by atoms with Crippen LogP contribution in [0.2, 0.25) is 0 Å². The number of fused-ring (bicyclic) bond motifs is 1. The van der Waals surface area contributed by atoms with E-state index in [4.69, 9.17) is 0 Å². The molecule has 0 aliphatic carbocycles. The SMILES string of the molecule is CCNC(=O)c1ccc2cc(N(C)C)ccc2n1. The number of aromatic nitrogens is 1. The predicted octanol–water partition coefficient (Wildman–Crippen LogP) is 2.05. The first-order chi connectivity index (χ1) is 8.61. The van der Waals surface area contributed by atoms with E-state index in [9.17, 15) is 4.79 Å². The van der Waals surface area contributed by atoms with Crippen LogP contribution in [0.25, 0.3) is 10.9 Å². The predicted molar refractivity (Wildman–Crippen MR) is 74.1 cm³/mol. The van der Waals surface area contributed by atoms with Gasteiger partial charge in [-0.3, -0.25) is 4.79 Å².